The lowest BCUT2D eigenvalue weighted by Gasteiger charge is -2.27. The second kappa shape index (κ2) is 69.5. The SMILES string of the molecule is CC/C=C\C/C=C\C/C=C\C/C=C\C/C=C\CCCCCCCCCCCCCC(=O)OC(/C=C/CCCCCCCCCCCCC)C(COP(=O)(O)OCC[N+](C)(C)C)NC(=O)CCCCCCCCCCCCCC/C=C\C/C=C\C/C=C\CCCCC. The summed E-state index contributed by atoms with van der Waals surface area (Å²) in [7, 11) is 1.49. The maximum Gasteiger partial charge on any atom is 0.472 e. The minimum atomic E-state index is -4.47. The molecule has 0 saturated carbocycles. The van der Waals surface area contributed by atoms with E-state index in [0.717, 1.165) is 103 Å². The average Bonchev–Trinajstić information content (AvgIpc) is 3.73. The van der Waals surface area contributed by atoms with Crippen LogP contribution in [-0.4, -0.2) is 74.3 Å². The van der Waals surface area contributed by atoms with Crippen LogP contribution in [0.1, 0.15) is 342 Å². The van der Waals surface area contributed by atoms with Gasteiger partial charge in [0.15, 0.2) is 0 Å². The fraction of sp³-hybridized carbons (Fsp3) is 0.753. The summed E-state index contributed by atoms with van der Waals surface area (Å²) >= 11 is 0. The van der Waals surface area contributed by atoms with Gasteiger partial charge in [-0.3, -0.25) is 18.6 Å². The maximum absolute atomic E-state index is 13.7. The van der Waals surface area contributed by atoms with E-state index in [9.17, 15) is 19.0 Å². The van der Waals surface area contributed by atoms with Crippen molar-refractivity contribution in [1.82, 2.24) is 5.32 Å². The zero-order valence-corrected chi connectivity index (χ0v) is 61.2. The molecule has 1 amide bonds. The predicted molar refractivity (Wildman–Crippen MR) is 397 cm³/mol. The Hall–Kier alpha value is -3.33. The number of ether oxygens (including phenoxy) is 1. The van der Waals surface area contributed by atoms with Crippen LogP contribution in [0.2, 0.25) is 0 Å². The van der Waals surface area contributed by atoms with Gasteiger partial charge >= 0.3 is 13.8 Å². The quantitative estimate of drug-likeness (QED) is 0.0205. The van der Waals surface area contributed by atoms with Crippen molar-refractivity contribution in [2.75, 3.05) is 40.9 Å². The Bertz CT molecular complexity index is 1930. The van der Waals surface area contributed by atoms with Crippen molar-refractivity contribution in [2.45, 2.75) is 354 Å². The Labute approximate surface area is 563 Å². The number of esters is 1. The van der Waals surface area contributed by atoms with Gasteiger partial charge in [-0.15, -0.1) is 0 Å². The van der Waals surface area contributed by atoms with Crippen molar-refractivity contribution in [1.29, 1.82) is 0 Å². The maximum atomic E-state index is 13.7. The van der Waals surface area contributed by atoms with Gasteiger partial charge in [0, 0.05) is 12.8 Å². The zero-order chi connectivity index (χ0) is 66.3. The molecule has 0 heterocycles. The molecular formula is C81H146N2O7P+. The smallest absolute Gasteiger partial charge is 0.456 e. The average molecular weight is 1290 g/mol. The molecule has 0 aliphatic heterocycles. The number of carbonyl (C=O) groups excluding carboxylic acids is 2. The lowest BCUT2D eigenvalue weighted by Crippen LogP contribution is -2.47. The molecule has 0 saturated heterocycles. The highest BCUT2D eigenvalue weighted by molar-refractivity contribution is 7.47. The Morgan fingerprint density at radius 2 is 0.703 bits per heavy atom. The molecule has 0 spiro atoms. The van der Waals surface area contributed by atoms with Crippen molar-refractivity contribution in [2.24, 2.45) is 0 Å². The van der Waals surface area contributed by atoms with Crippen molar-refractivity contribution in [3.63, 3.8) is 0 Å². The largest absolute Gasteiger partial charge is 0.472 e. The number of amides is 1. The van der Waals surface area contributed by atoms with Gasteiger partial charge in [0.1, 0.15) is 19.3 Å². The lowest BCUT2D eigenvalue weighted by molar-refractivity contribution is -0.870. The molecule has 0 fully saturated rings. The first-order chi connectivity index (χ1) is 44.4. The summed E-state index contributed by atoms with van der Waals surface area (Å²) in [5.74, 6) is -0.504. The fourth-order valence-corrected chi connectivity index (χ4v) is 11.6. The van der Waals surface area contributed by atoms with Gasteiger partial charge in [0.25, 0.3) is 0 Å². The molecule has 0 aromatic carbocycles. The third kappa shape index (κ3) is 70.8. The molecule has 3 unspecified atom stereocenters. The van der Waals surface area contributed by atoms with E-state index >= 15 is 0 Å². The fourth-order valence-electron chi connectivity index (χ4n) is 10.9. The van der Waals surface area contributed by atoms with Crippen LogP contribution >= 0.6 is 7.82 Å². The molecule has 0 bridgehead atoms. The summed E-state index contributed by atoms with van der Waals surface area (Å²) in [6.07, 6.45) is 96.7. The minimum Gasteiger partial charge on any atom is -0.456 e. The van der Waals surface area contributed by atoms with Gasteiger partial charge in [-0.2, -0.15) is 0 Å². The van der Waals surface area contributed by atoms with Gasteiger partial charge in [-0.25, -0.2) is 4.57 Å². The summed E-state index contributed by atoms with van der Waals surface area (Å²) in [6, 6.07) is -0.858. The van der Waals surface area contributed by atoms with Crippen LogP contribution in [0.25, 0.3) is 0 Å². The molecule has 0 aromatic heterocycles. The number of unbranched alkanes of at least 4 members (excludes halogenated alkanes) is 37. The van der Waals surface area contributed by atoms with Gasteiger partial charge in [-0.1, -0.05) is 323 Å². The second-order valence-electron chi connectivity index (χ2n) is 26.8. The van der Waals surface area contributed by atoms with Crippen LogP contribution in [-0.2, 0) is 27.9 Å². The van der Waals surface area contributed by atoms with E-state index in [1.807, 2.05) is 33.3 Å². The molecule has 0 aromatic rings. The number of likely N-dealkylation sites (N-methyl/N-ethyl adjacent to an activating group) is 1. The normalized spacial score (nSPS) is 14.1. The number of allylic oxidation sites excluding steroid dienone is 17. The Kier molecular flexibility index (Phi) is 67.0. The summed E-state index contributed by atoms with van der Waals surface area (Å²) < 4.78 is 30.9. The first-order valence-corrected chi connectivity index (χ1v) is 39.7. The van der Waals surface area contributed by atoms with Gasteiger partial charge < -0.3 is 19.4 Å². The third-order valence-electron chi connectivity index (χ3n) is 16.7. The zero-order valence-electron chi connectivity index (χ0n) is 60.3. The van der Waals surface area contributed by atoms with E-state index in [2.05, 4.69) is 123 Å². The van der Waals surface area contributed by atoms with E-state index in [4.69, 9.17) is 13.8 Å². The molecule has 91 heavy (non-hydrogen) atoms. The Morgan fingerprint density at radius 3 is 1.08 bits per heavy atom. The van der Waals surface area contributed by atoms with E-state index in [0.29, 0.717) is 17.4 Å². The molecule has 0 rings (SSSR count). The van der Waals surface area contributed by atoms with Crippen LogP contribution in [0.4, 0.5) is 0 Å². The number of quaternary nitrogens is 1. The molecule has 10 heteroatoms. The molecule has 0 radical (unpaired) electrons. The Balaban J connectivity index is 5.03. The number of hydrogen-bond donors (Lipinski definition) is 2. The van der Waals surface area contributed by atoms with Crippen LogP contribution < -0.4 is 5.32 Å². The Morgan fingerprint density at radius 1 is 0.396 bits per heavy atom. The van der Waals surface area contributed by atoms with Crippen LogP contribution in [0.15, 0.2) is 109 Å². The minimum absolute atomic E-state index is 0.0359. The number of nitrogens with one attached hydrogen (secondary N) is 1. The summed E-state index contributed by atoms with van der Waals surface area (Å²) in [5.41, 5.74) is 0. The van der Waals surface area contributed by atoms with E-state index in [-0.39, 0.29) is 31.5 Å². The third-order valence-corrected chi connectivity index (χ3v) is 17.7. The predicted octanol–water partition coefficient (Wildman–Crippen LogP) is 24.8. The standard InChI is InChI=1S/C81H145N2O7P/c1-7-10-13-16-19-22-25-28-30-32-34-36-38-40-41-43-45-47-49-51-53-56-59-62-65-68-71-74-81(85)90-79(72-69-66-63-60-57-54-27-24-21-18-15-12-9-3)78(77-89-91(86,87)88-76-75-83(4,5)6)82-80(84)73-70-67-64-61-58-55-52-50-48-46-44-42-39-37-35-33-31-29-26-23-20-17-14-11-8-2/h10,13,19-20,22-23,28-31,34-37,40-41,69,72,78-79H,7-9,11-12,14-18,21,24-27,32-33,38-39,42-68,70-71,73-77H2,1-6H3,(H-,82,84,86,87)/p+1/b13-10-,22-19-,23-20-,30-28-,31-29-,36-34-,37-35-,41-40-,72-69+. The van der Waals surface area contributed by atoms with Crippen LogP contribution in [0, 0.1) is 0 Å². The lowest BCUT2D eigenvalue weighted by atomic mass is 10.0. The number of nitrogens with zero attached hydrogens (tertiary/aromatic N) is 1. The highest BCUT2D eigenvalue weighted by atomic mass is 31.2. The number of phosphoric ester groups is 1. The van der Waals surface area contributed by atoms with Gasteiger partial charge in [0.05, 0.1) is 33.8 Å². The summed E-state index contributed by atoms with van der Waals surface area (Å²) in [5, 5.41) is 3.08. The highest BCUT2D eigenvalue weighted by Crippen LogP contribution is 2.43. The molecule has 9 nitrogen and oxygen atoms in total. The van der Waals surface area contributed by atoms with E-state index < -0.39 is 20.0 Å². The highest BCUT2D eigenvalue weighted by Gasteiger charge is 2.30. The molecule has 0 aliphatic rings. The van der Waals surface area contributed by atoms with Crippen LogP contribution in [0.5, 0.6) is 0 Å². The number of carbonyl (C=O) groups is 2. The second-order valence-corrected chi connectivity index (χ2v) is 28.2. The first kappa shape index (κ1) is 87.7. The first-order valence-electron chi connectivity index (χ1n) is 38.2. The van der Waals surface area contributed by atoms with Crippen molar-refractivity contribution in [3.8, 4) is 0 Å². The molecule has 2 N–H and O–H groups in total. The van der Waals surface area contributed by atoms with E-state index in [1.54, 1.807) is 0 Å². The summed E-state index contributed by atoms with van der Waals surface area (Å²) in [4.78, 5) is 38.0. The molecule has 526 valence electrons. The van der Waals surface area contributed by atoms with Crippen LogP contribution in [0.3, 0.4) is 0 Å². The van der Waals surface area contributed by atoms with Gasteiger partial charge in [-0.05, 0) is 115 Å². The molecular weight excluding hydrogens is 1140 g/mol. The molecule has 3 atom stereocenters. The van der Waals surface area contributed by atoms with Gasteiger partial charge in [0.2, 0.25) is 5.91 Å². The number of hydrogen-bond acceptors (Lipinski definition) is 6. The summed E-state index contributed by atoms with van der Waals surface area (Å²) in [6.45, 7) is 6.90. The monoisotopic (exact) mass is 1290 g/mol. The van der Waals surface area contributed by atoms with Crippen molar-refractivity contribution >= 4 is 19.7 Å². The topological polar surface area (TPSA) is 111 Å². The van der Waals surface area contributed by atoms with E-state index in [1.165, 1.54) is 205 Å². The van der Waals surface area contributed by atoms with Crippen molar-refractivity contribution < 1.29 is 37.3 Å². The number of phosphoric acid groups is 1. The number of rotatable bonds is 69. The van der Waals surface area contributed by atoms with Crippen molar-refractivity contribution in [3.05, 3.63) is 109 Å². The molecule has 0 aliphatic carbocycles.